The summed E-state index contributed by atoms with van der Waals surface area (Å²) < 4.78 is 0. The van der Waals surface area contributed by atoms with Crippen molar-refractivity contribution in [2.24, 2.45) is 0 Å². The quantitative estimate of drug-likeness (QED) is 0.827. The van der Waals surface area contributed by atoms with Gasteiger partial charge in [-0.05, 0) is 25.5 Å². The van der Waals surface area contributed by atoms with Gasteiger partial charge < -0.3 is 10.2 Å². The van der Waals surface area contributed by atoms with Crippen molar-refractivity contribution < 1.29 is 4.79 Å². The molecule has 0 bridgehead atoms. The number of hydrogen-bond donors (Lipinski definition) is 1. The third kappa shape index (κ3) is 2.95. The summed E-state index contributed by atoms with van der Waals surface area (Å²) in [4.78, 5) is 18.1. The maximum Gasteiger partial charge on any atom is 0.272 e. The minimum absolute atomic E-state index is 0.00134. The molecule has 1 amide bonds. The van der Waals surface area contributed by atoms with Gasteiger partial charge in [-0.3, -0.25) is 4.79 Å². The molecule has 4 heteroatoms. The van der Waals surface area contributed by atoms with E-state index in [1.54, 1.807) is 13.1 Å². The van der Waals surface area contributed by atoms with Crippen molar-refractivity contribution in [3.05, 3.63) is 23.9 Å². The summed E-state index contributed by atoms with van der Waals surface area (Å²) in [6.45, 7) is 5.54. The van der Waals surface area contributed by atoms with Gasteiger partial charge in [0.15, 0.2) is 0 Å². The summed E-state index contributed by atoms with van der Waals surface area (Å²) in [6.07, 6.45) is 0.964. The fourth-order valence-corrected chi connectivity index (χ4v) is 1.53. The number of hydrogen-bond acceptors (Lipinski definition) is 3. The van der Waals surface area contributed by atoms with Crippen molar-refractivity contribution in [3.8, 4) is 0 Å². The molecule has 1 aromatic heterocycles. The molecule has 0 atom stereocenters. The van der Waals surface area contributed by atoms with Gasteiger partial charge in [0.05, 0.1) is 0 Å². The third-order valence-corrected chi connectivity index (χ3v) is 2.39. The molecule has 0 unspecified atom stereocenters. The molecule has 88 valence electrons. The van der Waals surface area contributed by atoms with E-state index in [1.165, 1.54) is 0 Å². The number of carbonyl (C=O) groups excluding carboxylic acids is 1. The number of aromatic nitrogens is 1. The molecule has 1 heterocycles. The van der Waals surface area contributed by atoms with E-state index in [-0.39, 0.29) is 5.91 Å². The van der Waals surface area contributed by atoms with Crippen molar-refractivity contribution in [1.82, 2.24) is 9.88 Å². The van der Waals surface area contributed by atoms with Crippen molar-refractivity contribution in [2.45, 2.75) is 20.3 Å². The molecular weight excluding hydrogens is 202 g/mol. The minimum atomic E-state index is 0.00134. The number of anilines is 1. The Morgan fingerprint density at radius 3 is 2.75 bits per heavy atom. The second kappa shape index (κ2) is 6.10. The first-order chi connectivity index (χ1) is 7.72. The van der Waals surface area contributed by atoms with Crippen LogP contribution in [-0.2, 0) is 0 Å². The lowest BCUT2D eigenvalue weighted by Gasteiger charge is -2.19. The SMILES string of the molecule is CCCN(CC)C(=O)c1cccc(NC)n1. The number of pyridine rings is 1. The van der Waals surface area contributed by atoms with Crippen LogP contribution in [0.5, 0.6) is 0 Å². The zero-order valence-electron chi connectivity index (χ0n) is 10.2. The minimum Gasteiger partial charge on any atom is -0.373 e. The lowest BCUT2D eigenvalue weighted by atomic mass is 10.3. The topological polar surface area (TPSA) is 45.2 Å². The zero-order valence-corrected chi connectivity index (χ0v) is 10.2. The zero-order chi connectivity index (χ0) is 12.0. The molecule has 1 aromatic rings. The highest BCUT2D eigenvalue weighted by Crippen LogP contribution is 2.07. The van der Waals surface area contributed by atoms with Gasteiger partial charge in [-0.1, -0.05) is 13.0 Å². The fourth-order valence-electron chi connectivity index (χ4n) is 1.53. The smallest absolute Gasteiger partial charge is 0.272 e. The van der Waals surface area contributed by atoms with E-state index < -0.39 is 0 Å². The van der Waals surface area contributed by atoms with Crippen LogP contribution in [0.15, 0.2) is 18.2 Å². The molecule has 0 saturated heterocycles. The largest absolute Gasteiger partial charge is 0.373 e. The highest BCUT2D eigenvalue weighted by atomic mass is 16.2. The Morgan fingerprint density at radius 2 is 2.19 bits per heavy atom. The monoisotopic (exact) mass is 221 g/mol. The van der Waals surface area contributed by atoms with Gasteiger partial charge in [-0.2, -0.15) is 0 Å². The summed E-state index contributed by atoms with van der Waals surface area (Å²) in [5.74, 6) is 0.722. The summed E-state index contributed by atoms with van der Waals surface area (Å²) in [5.41, 5.74) is 0.502. The van der Waals surface area contributed by atoms with Gasteiger partial charge in [0.25, 0.3) is 5.91 Å². The van der Waals surface area contributed by atoms with E-state index in [0.717, 1.165) is 25.3 Å². The highest BCUT2D eigenvalue weighted by molar-refractivity contribution is 5.92. The van der Waals surface area contributed by atoms with E-state index >= 15 is 0 Å². The molecule has 0 radical (unpaired) electrons. The summed E-state index contributed by atoms with van der Waals surface area (Å²) in [6, 6.07) is 5.43. The van der Waals surface area contributed by atoms with Crippen LogP contribution >= 0.6 is 0 Å². The normalized spacial score (nSPS) is 9.94. The standard InChI is InChI=1S/C12H19N3O/c1-4-9-15(5-2)12(16)10-7-6-8-11(13-3)14-10/h6-8H,4-5,9H2,1-3H3,(H,13,14). The van der Waals surface area contributed by atoms with Crippen LogP contribution in [0.25, 0.3) is 0 Å². The molecule has 0 aromatic carbocycles. The molecule has 0 aliphatic heterocycles. The predicted octanol–water partition coefficient (Wildman–Crippen LogP) is 2.00. The van der Waals surface area contributed by atoms with Crippen molar-refractivity contribution >= 4 is 11.7 Å². The van der Waals surface area contributed by atoms with Crippen LogP contribution in [0.2, 0.25) is 0 Å². The van der Waals surface area contributed by atoms with Crippen LogP contribution in [0.3, 0.4) is 0 Å². The Balaban J connectivity index is 2.85. The Morgan fingerprint density at radius 1 is 1.44 bits per heavy atom. The van der Waals surface area contributed by atoms with Crippen LogP contribution in [0, 0.1) is 0 Å². The van der Waals surface area contributed by atoms with Crippen molar-refractivity contribution in [1.29, 1.82) is 0 Å². The first-order valence-corrected chi connectivity index (χ1v) is 5.67. The second-order valence-electron chi connectivity index (χ2n) is 3.54. The van der Waals surface area contributed by atoms with Gasteiger partial charge in [0.2, 0.25) is 0 Å². The average molecular weight is 221 g/mol. The first-order valence-electron chi connectivity index (χ1n) is 5.67. The van der Waals surface area contributed by atoms with Gasteiger partial charge in [-0.25, -0.2) is 4.98 Å². The lowest BCUT2D eigenvalue weighted by molar-refractivity contribution is 0.0759. The maximum absolute atomic E-state index is 12.1. The summed E-state index contributed by atoms with van der Waals surface area (Å²) in [5, 5.41) is 2.93. The van der Waals surface area contributed by atoms with E-state index in [4.69, 9.17) is 0 Å². The molecule has 0 fully saturated rings. The molecule has 16 heavy (non-hydrogen) atoms. The van der Waals surface area contributed by atoms with E-state index in [1.807, 2.05) is 24.0 Å². The number of nitrogens with one attached hydrogen (secondary N) is 1. The average Bonchev–Trinajstić information content (AvgIpc) is 2.35. The Bertz CT molecular complexity index is 352. The first kappa shape index (κ1) is 12.5. The Labute approximate surface area is 96.7 Å². The Hall–Kier alpha value is -1.58. The van der Waals surface area contributed by atoms with Gasteiger partial charge in [-0.15, -0.1) is 0 Å². The molecule has 0 spiro atoms. The van der Waals surface area contributed by atoms with E-state index in [9.17, 15) is 4.79 Å². The van der Waals surface area contributed by atoms with Gasteiger partial charge in [0.1, 0.15) is 11.5 Å². The molecule has 0 aliphatic rings. The lowest BCUT2D eigenvalue weighted by Crippen LogP contribution is -2.32. The van der Waals surface area contributed by atoms with Crippen LogP contribution < -0.4 is 5.32 Å². The summed E-state index contributed by atoms with van der Waals surface area (Å²) in [7, 11) is 1.79. The van der Waals surface area contributed by atoms with E-state index in [2.05, 4.69) is 17.2 Å². The van der Waals surface area contributed by atoms with Crippen LogP contribution in [0.1, 0.15) is 30.8 Å². The molecule has 0 saturated carbocycles. The molecular formula is C12H19N3O. The summed E-state index contributed by atoms with van der Waals surface area (Å²) >= 11 is 0. The molecule has 0 aliphatic carbocycles. The number of nitrogens with zero attached hydrogens (tertiary/aromatic N) is 2. The second-order valence-corrected chi connectivity index (χ2v) is 3.54. The van der Waals surface area contributed by atoms with Crippen LogP contribution in [-0.4, -0.2) is 35.9 Å². The van der Waals surface area contributed by atoms with Crippen molar-refractivity contribution in [3.63, 3.8) is 0 Å². The third-order valence-electron chi connectivity index (χ3n) is 2.39. The molecule has 4 nitrogen and oxygen atoms in total. The van der Waals surface area contributed by atoms with Gasteiger partial charge >= 0.3 is 0 Å². The maximum atomic E-state index is 12.1. The van der Waals surface area contributed by atoms with Crippen molar-refractivity contribution in [2.75, 3.05) is 25.5 Å². The fraction of sp³-hybridized carbons (Fsp3) is 0.500. The number of amides is 1. The molecule has 1 rings (SSSR count). The van der Waals surface area contributed by atoms with Crippen LogP contribution in [0.4, 0.5) is 5.82 Å². The number of carbonyl (C=O) groups is 1. The highest BCUT2D eigenvalue weighted by Gasteiger charge is 2.14. The predicted molar refractivity (Wildman–Crippen MR) is 65.7 cm³/mol. The molecule has 1 N–H and O–H groups in total. The van der Waals surface area contributed by atoms with E-state index in [0.29, 0.717) is 5.69 Å². The van der Waals surface area contributed by atoms with Gasteiger partial charge in [0, 0.05) is 20.1 Å². The Kier molecular flexibility index (Phi) is 4.76. The number of rotatable bonds is 5.